The molecular weight excluding hydrogens is 680 g/mol. The molecule has 0 aromatic heterocycles. The van der Waals surface area contributed by atoms with Gasteiger partial charge in [0.15, 0.2) is 9.84 Å². The van der Waals surface area contributed by atoms with Gasteiger partial charge in [0, 0.05) is 6.42 Å². The predicted molar refractivity (Wildman–Crippen MR) is 189 cm³/mol. The quantitative estimate of drug-likeness (QED) is 0.174. The lowest BCUT2D eigenvalue weighted by atomic mass is 9.70. The van der Waals surface area contributed by atoms with Crippen LogP contribution >= 0.6 is 0 Å². The number of carbonyl (C=O) groups excluding carboxylic acids is 6. The molecule has 7 N–H and O–H groups in total. The van der Waals surface area contributed by atoms with Gasteiger partial charge in [-0.1, -0.05) is 64.7 Å². The fraction of sp³-hybridized carbons (Fsp3) is 0.829. The maximum absolute atomic E-state index is 14.7. The average molecular weight is 739 g/mol. The van der Waals surface area contributed by atoms with Crippen LogP contribution in [0.25, 0.3) is 0 Å². The molecule has 3 aliphatic carbocycles. The standard InChI is InChI=1S/C35H58N6O9S/c1-33(2,3)51(48,49)21-35(16-9-6-10-17-35)40-32(47)39-27(34(4)14-7-5-8-15-34)30(45)41-20-23(50-31(37)46)19-25(41)29(44)38-24(26(42)28(36)43)18-22-12-11-13-22/h22-25,27H,5-21H2,1-4H3,(H2,36,43)(H2,37,46)(H,38,44)(H2,39,40,47)/t23-,24?,25+,27-/m1/s1. The second-order valence-corrected chi connectivity index (χ2v) is 19.3. The molecule has 0 spiro atoms. The van der Waals surface area contributed by atoms with Gasteiger partial charge in [-0.25, -0.2) is 18.0 Å². The molecule has 0 aromatic rings. The van der Waals surface area contributed by atoms with Crippen molar-refractivity contribution >= 4 is 45.5 Å². The molecule has 288 valence electrons. The maximum atomic E-state index is 14.7. The molecule has 15 nitrogen and oxygen atoms in total. The van der Waals surface area contributed by atoms with Crippen molar-refractivity contribution in [1.29, 1.82) is 0 Å². The summed E-state index contributed by atoms with van der Waals surface area (Å²) in [6.07, 6.45) is 7.87. The summed E-state index contributed by atoms with van der Waals surface area (Å²) < 4.78 is 31.0. The first kappa shape index (κ1) is 40.3. The summed E-state index contributed by atoms with van der Waals surface area (Å²) in [4.78, 5) is 80.2. The largest absolute Gasteiger partial charge is 0.444 e. The van der Waals surface area contributed by atoms with Crippen LogP contribution in [0.15, 0.2) is 0 Å². The Kier molecular flexibility index (Phi) is 12.7. The first-order valence-corrected chi connectivity index (χ1v) is 20.1. The molecule has 1 unspecified atom stereocenters. The zero-order chi connectivity index (χ0) is 37.8. The minimum atomic E-state index is -3.62. The third-order valence-corrected chi connectivity index (χ3v) is 14.4. The van der Waals surface area contributed by atoms with E-state index in [0.717, 1.165) is 57.8 Å². The molecular formula is C35H58N6O9S. The van der Waals surface area contributed by atoms with E-state index in [9.17, 15) is 37.2 Å². The molecule has 16 heteroatoms. The highest BCUT2D eigenvalue weighted by Gasteiger charge is 2.50. The number of primary amides is 2. The Morgan fingerprint density at radius 2 is 1.47 bits per heavy atom. The Balaban J connectivity index is 1.62. The van der Waals surface area contributed by atoms with E-state index in [2.05, 4.69) is 16.0 Å². The molecule has 1 saturated heterocycles. The van der Waals surface area contributed by atoms with E-state index in [1.807, 2.05) is 6.92 Å². The first-order valence-electron chi connectivity index (χ1n) is 18.5. The Bertz CT molecular complexity index is 1450. The molecule has 0 radical (unpaired) electrons. The van der Waals surface area contributed by atoms with Crippen molar-refractivity contribution in [1.82, 2.24) is 20.9 Å². The summed E-state index contributed by atoms with van der Waals surface area (Å²) in [5.41, 5.74) is 8.89. The number of carbonyl (C=O) groups is 6. The van der Waals surface area contributed by atoms with Gasteiger partial charge in [0.05, 0.1) is 28.6 Å². The van der Waals surface area contributed by atoms with E-state index in [0.29, 0.717) is 25.7 Å². The number of rotatable bonds is 13. The Hall–Kier alpha value is -3.43. The molecule has 4 fully saturated rings. The van der Waals surface area contributed by atoms with Gasteiger partial charge in [0.1, 0.15) is 18.2 Å². The van der Waals surface area contributed by atoms with E-state index in [1.165, 1.54) is 4.90 Å². The van der Waals surface area contributed by atoms with Gasteiger partial charge in [-0.05, 0) is 64.2 Å². The first-order chi connectivity index (χ1) is 23.8. The van der Waals surface area contributed by atoms with Gasteiger partial charge >= 0.3 is 12.1 Å². The third kappa shape index (κ3) is 9.92. The van der Waals surface area contributed by atoms with E-state index >= 15 is 0 Å². The number of likely N-dealkylation sites (tertiary alicyclic amines) is 1. The van der Waals surface area contributed by atoms with Crippen LogP contribution in [0.3, 0.4) is 0 Å². The van der Waals surface area contributed by atoms with Gasteiger partial charge in [-0.15, -0.1) is 0 Å². The van der Waals surface area contributed by atoms with Crippen LogP contribution in [0.4, 0.5) is 9.59 Å². The van der Waals surface area contributed by atoms with Crippen LogP contribution in [-0.4, -0.2) is 95.8 Å². The highest BCUT2D eigenvalue weighted by molar-refractivity contribution is 7.92. The van der Waals surface area contributed by atoms with Crippen LogP contribution in [0.1, 0.15) is 124 Å². The van der Waals surface area contributed by atoms with E-state index < -0.39 is 85.4 Å². The Morgan fingerprint density at radius 1 is 0.882 bits per heavy atom. The predicted octanol–water partition coefficient (Wildman–Crippen LogP) is 2.34. The number of Topliss-reactive ketones (excluding diaryl/α,β-unsaturated/α-hetero) is 1. The van der Waals surface area contributed by atoms with Gasteiger partial charge in [0.25, 0.3) is 5.91 Å². The molecule has 1 heterocycles. The highest BCUT2D eigenvalue weighted by Crippen LogP contribution is 2.41. The van der Waals surface area contributed by atoms with Crippen LogP contribution < -0.4 is 27.4 Å². The smallest absolute Gasteiger partial charge is 0.404 e. The summed E-state index contributed by atoms with van der Waals surface area (Å²) in [6, 6.07) is -4.20. The fourth-order valence-corrected chi connectivity index (χ4v) is 9.66. The minimum Gasteiger partial charge on any atom is -0.444 e. The minimum absolute atomic E-state index is 0.120. The molecule has 3 saturated carbocycles. The van der Waals surface area contributed by atoms with Crippen LogP contribution in [-0.2, 0) is 33.8 Å². The lowest BCUT2D eigenvalue weighted by Gasteiger charge is -2.44. The number of nitrogens with zero attached hydrogens (tertiary/aromatic N) is 1. The summed E-state index contributed by atoms with van der Waals surface area (Å²) in [5.74, 6) is -3.52. The number of hydrogen-bond acceptors (Lipinski definition) is 9. The summed E-state index contributed by atoms with van der Waals surface area (Å²) in [6.45, 7) is 6.62. The highest BCUT2D eigenvalue weighted by atomic mass is 32.2. The SMILES string of the molecule is CC1([C@H](NC(=O)NC2(CS(=O)(=O)C(C)(C)C)CCCCC2)C(=O)N2C[C@H](OC(N)=O)C[C@H]2C(=O)NC(CC2CCC2)C(=O)C(N)=O)CCCCC1. The Labute approximate surface area is 301 Å². The molecule has 0 aromatic carbocycles. The Morgan fingerprint density at radius 3 is 1.98 bits per heavy atom. The van der Waals surface area contributed by atoms with Crippen molar-refractivity contribution in [2.75, 3.05) is 12.3 Å². The second kappa shape index (κ2) is 16.1. The number of urea groups is 1. The van der Waals surface area contributed by atoms with Crippen molar-refractivity contribution in [2.24, 2.45) is 22.8 Å². The molecule has 4 atom stereocenters. The van der Waals surface area contributed by atoms with Gasteiger partial charge < -0.3 is 37.1 Å². The fourth-order valence-electron chi connectivity index (χ4n) is 8.14. The molecule has 4 aliphatic rings. The summed E-state index contributed by atoms with van der Waals surface area (Å²) in [5, 5.41) is 8.56. The van der Waals surface area contributed by atoms with Crippen LogP contribution in [0.5, 0.6) is 0 Å². The van der Waals surface area contributed by atoms with E-state index in [1.54, 1.807) is 20.8 Å². The number of amides is 6. The zero-order valence-electron chi connectivity index (χ0n) is 30.6. The monoisotopic (exact) mass is 738 g/mol. The topological polar surface area (TPSA) is 237 Å². The summed E-state index contributed by atoms with van der Waals surface area (Å²) >= 11 is 0. The summed E-state index contributed by atoms with van der Waals surface area (Å²) in [7, 11) is -3.62. The van der Waals surface area contributed by atoms with Crippen molar-refractivity contribution in [3.05, 3.63) is 0 Å². The van der Waals surface area contributed by atoms with Crippen molar-refractivity contribution < 1.29 is 41.9 Å². The zero-order valence-corrected chi connectivity index (χ0v) is 31.4. The number of ketones is 1. The van der Waals surface area contributed by atoms with Gasteiger partial charge in [-0.3, -0.25) is 19.2 Å². The lowest BCUT2D eigenvalue weighted by Crippen LogP contribution is -2.64. The van der Waals surface area contributed by atoms with Crippen molar-refractivity contribution in [3.63, 3.8) is 0 Å². The number of ether oxygens (including phenoxy) is 1. The van der Waals surface area contributed by atoms with Gasteiger partial charge in [-0.2, -0.15) is 0 Å². The second-order valence-electron chi connectivity index (χ2n) is 16.6. The molecule has 0 bridgehead atoms. The van der Waals surface area contributed by atoms with Gasteiger partial charge in [0.2, 0.25) is 17.6 Å². The average Bonchev–Trinajstić information content (AvgIpc) is 3.43. The molecule has 51 heavy (non-hydrogen) atoms. The number of nitrogens with two attached hydrogens (primary N) is 2. The van der Waals surface area contributed by atoms with Crippen molar-refractivity contribution in [2.45, 2.75) is 159 Å². The maximum Gasteiger partial charge on any atom is 0.404 e. The third-order valence-electron chi connectivity index (χ3n) is 11.6. The number of hydrogen-bond donors (Lipinski definition) is 5. The normalized spacial score (nSPS) is 24.7. The van der Waals surface area contributed by atoms with Crippen LogP contribution in [0.2, 0.25) is 0 Å². The number of nitrogens with one attached hydrogen (secondary N) is 3. The number of sulfone groups is 1. The molecule has 1 aliphatic heterocycles. The molecule has 4 rings (SSSR count). The molecule has 6 amide bonds. The van der Waals surface area contributed by atoms with Crippen molar-refractivity contribution in [3.8, 4) is 0 Å². The van der Waals surface area contributed by atoms with E-state index in [-0.39, 0.29) is 31.1 Å². The van der Waals surface area contributed by atoms with Crippen LogP contribution in [0, 0.1) is 11.3 Å². The van der Waals surface area contributed by atoms with E-state index in [4.69, 9.17) is 16.2 Å². The lowest BCUT2D eigenvalue weighted by molar-refractivity contribution is -0.144.